The van der Waals surface area contributed by atoms with Crippen molar-refractivity contribution in [1.29, 1.82) is 5.26 Å². The number of halogens is 3. The van der Waals surface area contributed by atoms with Crippen LogP contribution in [0.2, 0.25) is 0 Å². The predicted molar refractivity (Wildman–Crippen MR) is 127 cm³/mol. The van der Waals surface area contributed by atoms with Crippen LogP contribution in [-0.2, 0) is 0 Å². The number of nitriles is 1. The van der Waals surface area contributed by atoms with Crippen molar-refractivity contribution in [2.24, 2.45) is 0 Å². The number of carbonyl (C=O) groups excluding carboxylic acids is 1. The van der Waals surface area contributed by atoms with Crippen molar-refractivity contribution in [3.63, 3.8) is 0 Å². The number of hydrogen-bond donors (Lipinski definition) is 1. The molecule has 4 rings (SSSR count). The van der Waals surface area contributed by atoms with Gasteiger partial charge in [0.25, 0.3) is 5.78 Å². The summed E-state index contributed by atoms with van der Waals surface area (Å²) in [5.74, 6) is -3.63. The van der Waals surface area contributed by atoms with E-state index in [0.29, 0.717) is 28.3 Å². The molecular formula is C25H16EuF3N3O6. The first kappa shape index (κ1) is 32.4. The van der Waals surface area contributed by atoms with E-state index in [-0.39, 0.29) is 71.3 Å². The number of benzene rings is 3. The first-order valence-corrected chi connectivity index (χ1v) is 9.83. The molecule has 38 heavy (non-hydrogen) atoms. The van der Waals surface area contributed by atoms with Crippen molar-refractivity contribution in [3.8, 4) is 11.8 Å². The van der Waals surface area contributed by atoms with Crippen molar-refractivity contribution in [1.82, 2.24) is 0 Å². The molecule has 0 amide bonds. The Labute approximate surface area is 253 Å². The molecule has 0 aliphatic rings. The molecule has 0 saturated carbocycles. The standard InChI is InChI=1S/C25H12F3N3O4.Eu.2H2O/c1-30-15-4-8-17(9-5-15)31(16-6-2-14(13-29)3-7-16)18-10-11-19-20(12-18)35-24(34)21(22(19)32)23(33)25(26,27)28;;;/h2-12,32H;;2*1H2. The Hall–Kier alpha value is -3.59. The number of nitrogens with zero attached hydrogens (tertiary/aromatic N) is 3. The summed E-state index contributed by atoms with van der Waals surface area (Å²) in [4.78, 5) is 28.8. The fourth-order valence-electron chi connectivity index (χ4n) is 3.46. The molecule has 1 aromatic heterocycles. The summed E-state index contributed by atoms with van der Waals surface area (Å²) >= 11 is 0. The number of fused-ring (bicyclic) bond motifs is 1. The maximum Gasteiger partial charge on any atom is 0.455 e. The second-order valence-electron chi connectivity index (χ2n) is 7.24. The van der Waals surface area contributed by atoms with Crippen LogP contribution in [0.3, 0.4) is 0 Å². The van der Waals surface area contributed by atoms with Crippen LogP contribution in [0, 0.1) is 67.3 Å². The van der Waals surface area contributed by atoms with E-state index in [9.17, 15) is 27.9 Å². The Morgan fingerprint density at radius 1 is 0.974 bits per heavy atom. The van der Waals surface area contributed by atoms with E-state index in [4.69, 9.17) is 16.3 Å². The van der Waals surface area contributed by atoms with Crippen LogP contribution in [0.25, 0.3) is 15.8 Å². The third-order valence-corrected chi connectivity index (χ3v) is 5.10. The van der Waals surface area contributed by atoms with Crippen molar-refractivity contribution >= 4 is 39.5 Å². The summed E-state index contributed by atoms with van der Waals surface area (Å²) in [7, 11) is 0. The fourth-order valence-corrected chi connectivity index (χ4v) is 3.46. The van der Waals surface area contributed by atoms with Gasteiger partial charge in [-0.05, 0) is 48.5 Å². The van der Waals surface area contributed by atoms with E-state index in [1.165, 1.54) is 18.2 Å². The number of ketones is 1. The molecule has 5 N–H and O–H groups in total. The predicted octanol–water partition coefficient (Wildman–Crippen LogP) is 4.49. The van der Waals surface area contributed by atoms with Crippen LogP contribution in [0.1, 0.15) is 15.9 Å². The SMILES string of the molecule is O.O.[C-]#[N+]c1ccc(N(c2ccc(C#N)cc2)c2ccc3c(O)c(C(=O)C(F)(F)F)c(=O)oc3c2)cc1.[Eu]. The van der Waals surface area contributed by atoms with Crippen LogP contribution in [0.15, 0.2) is 75.9 Å². The molecule has 0 saturated heterocycles. The monoisotopic (exact) mass is 664 g/mol. The second-order valence-corrected chi connectivity index (χ2v) is 7.24. The maximum atomic E-state index is 12.9. The van der Waals surface area contributed by atoms with E-state index in [0.717, 1.165) is 0 Å². The quantitative estimate of drug-likeness (QED) is 0.192. The Morgan fingerprint density at radius 2 is 1.50 bits per heavy atom. The average Bonchev–Trinajstić information content (AvgIpc) is 2.84. The number of rotatable bonds is 4. The van der Waals surface area contributed by atoms with Gasteiger partial charge in [-0.3, -0.25) is 4.79 Å². The third kappa shape index (κ3) is 6.27. The van der Waals surface area contributed by atoms with Crippen molar-refractivity contribution in [2.45, 2.75) is 6.18 Å². The van der Waals surface area contributed by atoms with Gasteiger partial charge in [-0.25, -0.2) is 9.64 Å². The molecule has 1 radical (unpaired) electrons. The van der Waals surface area contributed by atoms with Gasteiger partial charge in [0.1, 0.15) is 11.3 Å². The topological polar surface area (TPSA) is 162 Å². The van der Waals surface area contributed by atoms with E-state index < -0.39 is 28.9 Å². The van der Waals surface area contributed by atoms with Gasteiger partial charge in [0.2, 0.25) is 0 Å². The first-order chi connectivity index (χ1) is 16.6. The normalized spacial score (nSPS) is 10.1. The second kappa shape index (κ2) is 12.8. The smallest absolute Gasteiger partial charge is 0.455 e. The number of carbonyl (C=O) groups is 1. The molecule has 0 unspecified atom stereocenters. The molecular weight excluding hydrogens is 647 g/mol. The number of alkyl halides is 3. The van der Waals surface area contributed by atoms with Gasteiger partial charge in [0.05, 0.1) is 23.6 Å². The zero-order valence-electron chi connectivity index (χ0n) is 18.9. The van der Waals surface area contributed by atoms with Gasteiger partial charge in [0, 0.05) is 72.5 Å². The van der Waals surface area contributed by atoms with Crippen molar-refractivity contribution < 1.29 is 87.8 Å². The van der Waals surface area contributed by atoms with Crippen LogP contribution in [-0.4, -0.2) is 28.0 Å². The third-order valence-electron chi connectivity index (χ3n) is 5.10. The first-order valence-electron chi connectivity index (χ1n) is 9.83. The molecule has 13 heteroatoms. The van der Waals surface area contributed by atoms with Crippen LogP contribution < -0.4 is 10.5 Å². The molecule has 0 aliphatic carbocycles. The zero-order valence-corrected chi connectivity index (χ0v) is 21.3. The zero-order chi connectivity index (χ0) is 25.3. The van der Waals surface area contributed by atoms with Crippen LogP contribution >= 0.6 is 0 Å². The van der Waals surface area contributed by atoms with E-state index in [1.807, 2.05) is 6.07 Å². The van der Waals surface area contributed by atoms with Gasteiger partial charge >= 0.3 is 11.8 Å². The van der Waals surface area contributed by atoms with E-state index >= 15 is 0 Å². The van der Waals surface area contributed by atoms with Crippen LogP contribution in [0.5, 0.6) is 5.75 Å². The number of aromatic hydroxyl groups is 1. The summed E-state index contributed by atoms with van der Waals surface area (Å²) < 4.78 is 43.6. The summed E-state index contributed by atoms with van der Waals surface area (Å²) in [5.41, 5.74) is -1.02. The molecule has 0 atom stereocenters. The molecule has 3 aromatic carbocycles. The summed E-state index contributed by atoms with van der Waals surface area (Å²) in [6.07, 6.45) is -5.37. The molecule has 0 bridgehead atoms. The minimum absolute atomic E-state index is 0. The van der Waals surface area contributed by atoms with Crippen molar-refractivity contribution in [3.05, 3.63) is 99.7 Å². The Bertz CT molecular complexity index is 1550. The molecule has 0 fully saturated rings. The summed E-state index contributed by atoms with van der Waals surface area (Å²) in [6, 6.07) is 19.0. The van der Waals surface area contributed by atoms with E-state index in [1.54, 1.807) is 53.4 Å². The molecule has 1 heterocycles. The minimum Gasteiger partial charge on any atom is -0.506 e. The average molecular weight is 663 g/mol. The van der Waals surface area contributed by atoms with Crippen molar-refractivity contribution in [2.75, 3.05) is 4.90 Å². The molecule has 0 spiro atoms. The van der Waals surface area contributed by atoms with E-state index in [2.05, 4.69) is 4.85 Å². The molecule has 195 valence electrons. The number of anilines is 3. The van der Waals surface area contributed by atoms with Crippen LogP contribution in [0.4, 0.5) is 35.9 Å². The van der Waals surface area contributed by atoms with Gasteiger partial charge < -0.3 is 25.4 Å². The summed E-state index contributed by atoms with van der Waals surface area (Å²) in [5, 5.41) is 19.1. The van der Waals surface area contributed by atoms with Gasteiger partial charge in [-0.1, -0.05) is 12.1 Å². The Kier molecular flexibility index (Phi) is 10.9. The number of Topliss-reactive ketones (excluding diaryl/α,β-unsaturated/α-hetero) is 1. The molecule has 9 nitrogen and oxygen atoms in total. The summed E-state index contributed by atoms with van der Waals surface area (Å²) in [6.45, 7) is 7.13. The number of hydrogen-bond acceptors (Lipinski definition) is 6. The maximum absolute atomic E-state index is 12.9. The Balaban J connectivity index is 0.00000241. The fraction of sp³-hybridized carbons (Fsp3) is 0.0400. The van der Waals surface area contributed by atoms with Gasteiger partial charge in [-0.15, -0.1) is 0 Å². The molecule has 0 aliphatic heterocycles. The van der Waals surface area contributed by atoms with Gasteiger partial charge in [0.15, 0.2) is 11.3 Å². The Morgan fingerprint density at radius 3 is 2.00 bits per heavy atom. The molecule has 4 aromatic rings. The largest absolute Gasteiger partial charge is 0.506 e. The van der Waals surface area contributed by atoms with Gasteiger partial charge in [-0.2, -0.15) is 18.4 Å². The minimum atomic E-state index is -5.37.